The van der Waals surface area contributed by atoms with Crippen molar-refractivity contribution < 1.29 is 23.9 Å². The average molecular weight is 372 g/mol. The Morgan fingerprint density at radius 1 is 1.04 bits per heavy atom. The number of hydrogen-bond acceptors (Lipinski definition) is 5. The number of imide groups is 1. The topological polar surface area (TPSA) is 102 Å². The van der Waals surface area contributed by atoms with Crippen molar-refractivity contribution in [3.05, 3.63) is 35.9 Å². The Morgan fingerprint density at radius 2 is 1.70 bits per heavy atom. The summed E-state index contributed by atoms with van der Waals surface area (Å²) in [7, 11) is 0. The van der Waals surface area contributed by atoms with E-state index in [0.29, 0.717) is 19.4 Å². The molecule has 2 fully saturated rings. The molecule has 27 heavy (non-hydrogen) atoms. The van der Waals surface area contributed by atoms with Crippen molar-refractivity contribution in [3.63, 3.8) is 0 Å². The number of Topliss-reactive ketones (excluding diaryl/α,β-unsaturated/α-hetero) is 1. The van der Waals surface area contributed by atoms with Gasteiger partial charge in [-0.2, -0.15) is 0 Å². The zero-order valence-electron chi connectivity index (χ0n) is 15.1. The summed E-state index contributed by atoms with van der Waals surface area (Å²) in [5.74, 6) is -1.30. The Labute approximate surface area is 157 Å². The van der Waals surface area contributed by atoms with Gasteiger partial charge in [-0.1, -0.05) is 36.8 Å². The number of carbonyl (C=O) groups excluding carboxylic acids is 4. The van der Waals surface area contributed by atoms with Crippen LogP contribution in [0.25, 0.3) is 0 Å². The summed E-state index contributed by atoms with van der Waals surface area (Å²) < 4.78 is 5.07. The third-order valence-electron chi connectivity index (χ3n) is 5.28. The predicted octanol–water partition coefficient (Wildman–Crippen LogP) is 1.95. The van der Waals surface area contributed by atoms with Crippen LogP contribution in [0.3, 0.4) is 0 Å². The van der Waals surface area contributed by atoms with Gasteiger partial charge in [0.1, 0.15) is 5.78 Å². The minimum Gasteiger partial charge on any atom is -0.455 e. The van der Waals surface area contributed by atoms with Crippen molar-refractivity contribution in [3.8, 4) is 0 Å². The van der Waals surface area contributed by atoms with E-state index in [0.717, 1.165) is 24.8 Å². The molecular formula is C20H24N2O5. The number of hydrogen-bond donors (Lipinski definition) is 2. The van der Waals surface area contributed by atoms with Crippen LogP contribution in [0.2, 0.25) is 0 Å². The quantitative estimate of drug-likeness (QED) is 0.769. The van der Waals surface area contributed by atoms with E-state index in [9.17, 15) is 19.2 Å². The number of esters is 1. The molecule has 2 aliphatic rings. The van der Waals surface area contributed by atoms with Crippen LogP contribution in [-0.2, 0) is 25.7 Å². The van der Waals surface area contributed by atoms with Gasteiger partial charge in [-0.05, 0) is 31.2 Å². The summed E-state index contributed by atoms with van der Waals surface area (Å²) in [5.41, 5.74) is 0.906. The standard InChI is InChI=1S/C20H24N2O5/c23-17(22-20(26)21-11-13-5-2-1-3-6-13)12-27-19(25)16-9-14-7-4-8-15(10-16)18(14)24/h1-3,5-6,14-16H,4,7-12H2,(H2,21,22,23,26)/t14-,15+,16?. The summed E-state index contributed by atoms with van der Waals surface area (Å²) >= 11 is 0. The van der Waals surface area contributed by atoms with Crippen molar-refractivity contribution in [2.24, 2.45) is 17.8 Å². The molecule has 0 saturated heterocycles. The molecule has 2 N–H and O–H groups in total. The highest BCUT2D eigenvalue weighted by Gasteiger charge is 2.41. The first-order chi connectivity index (χ1) is 13.0. The molecule has 3 amide bonds. The molecule has 3 rings (SSSR count). The van der Waals surface area contributed by atoms with Crippen molar-refractivity contribution in [2.75, 3.05) is 6.61 Å². The second-order valence-corrected chi connectivity index (χ2v) is 7.22. The fourth-order valence-corrected chi connectivity index (χ4v) is 3.91. The molecule has 2 bridgehead atoms. The maximum absolute atomic E-state index is 12.2. The Bertz CT molecular complexity index is 702. The number of ether oxygens (including phenoxy) is 1. The molecule has 2 saturated carbocycles. The number of ketones is 1. The number of nitrogens with one attached hydrogen (secondary N) is 2. The van der Waals surface area contributed by atoms with Crippen LogP contribution >= 0.6 is 0 Å². The largest absolute Gasteiger partial charge is 0.455 e. The number of amides is 3. The third kappa shape index (κ3) is 5.15. The van der Waals surface area contributed by atoms with Gasteiger partial charge in [-0.15, -0.1) is 0 Å². The zero-order valence-corrected chi connectivity index (χ0v) is 15.1. The molecule has 7 heteroatoms. The summed E-state index contributed by atoms with van der Waals surface area (Å²) in [6.07, 6.45) is 3.71. The molecular weight excluding hydrogens is 348 g/mol. The Kier molecular flexibility index (Phi) is 6.21. The van der Waals surface area contributed by atoms with Gasteiger partial charge < -0.3 is 10.1 Å². The number of fused-ring (bicyclic) bond motifs is 2. The van der Waals surface area contributed by atoms with Crippen LogP contribution in [0.1, 0.15) is 37.7 Å². The molecule has 0 spiro atoms. The van der Waals surface area contributed by atoms with Gasteiger partial charge in [0.05, 0.1) is 5.92 Å². The van der Waals surface area contributed by atoms with Gasteiger partial charge in [0, 0.05) is 18.4 Å². The molecule has 1 aromatic carbocycles. The van der Waals surface area contributed by atoms with E-state index < -0.39 is 24.5 Å². The summed E-state index contributed by atoms with van der Waals surface area (Å²) in [6.45, 7) is -0.212. The normalized spacial score (nSPS) is 24.0. The van der Waals surface area contributed by atoms with E-state index in [1.807, 2.05) is 30.3 Å². The van der Waals surface area contributed by atoms with Crippen LogP contribution in [-0.4, -0.2) is 30.3 Å². The number of benzene rings is 1. The van der Waals surface area contributed by atoms with Gasteiger partial charge in [-0.25, -0.2) is 4.79 Å². The Morgan fingerprint density at radius 3 is 2.37 bits per heavy atom. The lowest BCUT2D eigenvalue weighted by molar-refractivity contribution is -0.156. The number of rotatable bonds is 5. The van der Waals surface area contributed by atoms with E-state index in [2.05, 4.69) is 10.6 Å². The van der Waals surface area contributed by atoms with E-state index in [1.165, 1.54) is 0 Å². The lowest BCUT2D eigenvalue weighted by atomic mass is 9.67. The predicted molar refractivity (Wildman–Crippen MR) is 96.3 cm³/mol. The van der Waals surface area contributed by atoms with Gasteiger partial charge in [0.2, 0.25) is 0 Å². The minimum atomic E-state index is -0.680. The smallest absolute Gasteiger partial charge is 0.321 e. The zero-order chi connectivity index (χ0) is 19.2. The number of carbonyl (C=O) groups is 4. The van der Waals surface area contributed by atoms with Crippen molar-refractivity contribution in [1.29, 1.82) is 0 Å². The highest BCUT2D eigenvalue weighted by atomic mass is 16.5. The summed E-state index contributed by atoms with van der Waals surface area (Å²) in [4.78, 5) is 47.8. The second kappa shape index (κ2) is 8.79. The maximum atomic E-state index is 12.2. The van der Waals surface area contributed by atoms with Gasteiger partial charge in [0.25, 0.3) is 5.91 Å². The SMILES string of the molecule is O=C(COC(=O)C1C[C@H]2CCC[C@@H](C1)C2=O)NC(=O)NCc1ccccc1. The lowest BCUT2D eigenvalue weighted by Crippen LogP contribution is -2.42. The van der Waals surface area contributed by atoms with Crippen molar-refractivity contribution in [1.82, 2.24) is 10.6 Å². The molecule has 2 aliphatic carbocycles. The monoisotopic (exact) mass is 372 g/mol. The van der Waals surface area contributed by atoms with Crippen LogP contribution in [0.5, 0.6) is 0 Å². The molecule has 0 aliphatic heterocycles. The molecule has 1 aromatic rings. The van der Waals surface area contributed by atoms with E-state index in [-0.39, 0.29) is 23.5 Å². The van der Waals surface area contributed by atoms with E-state index in [4.69, 9.17) is 4.74 Å². The first kappa shape index (κ1) is 19.1. The molecule has 0 radical (unpaired) electrons. The maximum Gasteiger partial charge on any atom is 0.321 e. The van der Waals surface area contributed by atoms with Crippen molar-refractivity contribution in [2.45, 2.75) is 38.6 Å². The fraction of sp³-hybridized carbons (Fsp3) is 0.500. The highest BCUT2D eigenvalue weighted by molar-refractivity contribution is 5.95. The molecule has 0 aromatic heterocycles. The molecule has 144 valence electrons. The van der Waals surface area contributed by atoms with Crippen LogP contribution < -0.4 is 10.6 Å². The molecule has 0 heterocycles. The van der Waals surface area contributed by atoms with Crippen LogP contribution in [0.4, 0.5) is 4.79 Å². The summed E-state index contributed by atoms with van der Waals surface area (Å²) in [5, 5.41) is 4.70. The average Bonchev–Trinajstić information content (AvgIpc) is 2.65. The fourth-order valence-electron chi connectivity index (χ4n) is 3.91. The Balaban J connectivity index is 1.38. The van der Waals surface area contributed by atoms with E-state index >= 15 is 0 Å². The second-order valence-electron chi connectivity index (χ2n) is 7.22. The van der Waals surface area contributed by atoms with Gasteiger partial charge in [-0.3, -0.25) is 19.7 Å². The van der Waals surface area contributed by atoms with Crippen LogP contribution in [0.15, 0.2) is 30.3 Å². The third-order valence-corrected chi connectivity index (χ3v) is 5.28. The number of urea groups is 1. The minimum absolute atomic E-state index is 0.0485. The van der Waals surface area contributed by atoms with Gasteiger partial charge in [0.15, 0.2) is 6.61 Å². The van der Waals surface area contributed by atoms with Gasteiger partial charge >= 0.3 is 12.0 Å². The highest BCUT2D eigenvalue weighted by Crippen LogP contribution is 2.40. The lowest BCUT2D eigenvalue weighted by Gasteiger charge is -2.36. The first-order valence-corrected chi connectivity index (χ1v) is 9.35. The van der Waals surface area contributed by atoms with E-state index in [1.54, 1.807) is 0 Å². The molecule has 3 atom stereocenters. The Hall–Kier alpha value is -2.70. The van der Waals surface area contributed by atoms with Crippen molar-refractivity contribution >= 4 is 23.7 Å². The summed E-state index contributed by atoms with van der Waals surface area (Å²) in [6, 6.07) is 8.65. The molecule has 1 unspecified atom stereocenters. The first-order valence-electron chi connectivity index (χ1n) is 9.35. The van der Waals surface area contributed by atoms with Crippen LogP contribution in [0, 0.1) is 17.8 Å². The molecule has 7 nitrogen and oxygen atoms in total.